The standard InChI is InChI=1S/C12H19FN2/c1-9(2)14-11-6-5-10(8-15(3)4)12(13)7-11/h5-7,9,14H,8H2,1-4H3. The molecular weight excluding hydrogens is 191 g/mol. The molecule has 0 aliphatic carbocycles. The first-order valence-corrected chi connectivity index (χ1v) is 5.18. The van der Waals surface area contributed by atoms with Crippen LogP contribution in [0.1, 0.15) is 19.4 Å². The van der Waals surface area contributed by atoms with E-state index < -0.39 is 0 Å². The molecule has 0 heterocycles. The van der Waals surface area contributed by atoms with E-state index in [0.717, 1.165) is 11.3 Å². The van der Waals surface area contributed by atoms with Gasteiger partial charge in [0.2, 0.25) is 0 Å². The Labute approximate surface area is 91.1 Å². The first-order chi connectivity index (χ1) is 6.99. The van der Waals surface area contributed by atoms with Crippen LogP contribution in [0.15, 0.2) is 18.2 Å². The molecule has 0 radical (unpaired) electrons. The summed E-state index contributed by atoms with van der Waals surface area (Å²) in [6.07, 6.45) is 0. The molecule has 15 heavy (non-hydrogen) atoms. The van der Waals surface area contributed by atoms with Gasteiger partial charge in [0, 0.05) is 23.8 Å². The van der Waals surface area contributed by atoms with E-state index in [1.54, 1.807) is 6.07 Å². The van der Waals surface area contributed by atoms with E-state index in [9.17, 15) is 4.39 Å². The van der Waals surface area contributed by atoms with Crippen LogP contribution in [0.25, 0.3) is 0 Å². The normalized spacial score (nSPS) is 11.1. The summed E-state index contributed by atoms with van der Waals surface area (Å²) in [7, 11) is 3.86. The minimum atomic E-state index is -0.144. The van der Waals surface area contributed by atoms with Crippen molar-refractivity contribution in [3.8, 4) is 0 Å². The Morgan fingerprint density at radius 1 is 1.33 bits per heavy atom. The van der Waals surface area contributed by atoms with E-state index in [-0.39, 0.29) is 5.82 Å². The van der Waals surface area contributed by atoms with E-state index in [2.05, 4.69) is 5.32 Å². The molecule has 0 spiro atoms. The zero-order chi connectivity index (χ0) is 11.4. The molecule has 0 atom stereocenters. The molecule has 0 unspecified atom stereocenters. The van der Waals surface area contributed by atoms with E-state index in [1.165, 1.54) is 0 Å². The second-order valence-corrected chi connectivity index (χ2v) is 4.34. The smallest absolute Gasteiger partial charge is 0.129 e. The predicted molar refractivity (Wildman–Crippen MR) is 62.5 cm³/mol. The summed E-state index contributed by atoms with van der Waals surface area (Å²) in [5, 5.41) is 3.17. The van der Waals surface area contributed by atoms with E-state index in [1.807, 2.05) is 45.0 Å². The number of rotatable bonds is 4. The quantitative estimate of drug-likeness (QED) is 0.822. The van der Waals surface area contributed by atoms with Crippen LogP contribution in [0.2, 0.25) is 0 Å². The van der Waals surface area contributed by atoms with Gasteiger partial charge in [0.15, 0.2) is 0 Å². The lowest BCUT2D eigenvalue weighted by Crippen LogP contribution is -2.13. The number of nitrogens with one attached hydrogen (secondary N) is 1. The third-order valence-corrected chi connectivity index (χ3v) is 1.99. The van der Waals surface area contributed by atoms with Crippen LogP contribution < -0.4 is 5.32 Å². The Kier molecular flexibility index (Phi) is 4.09. The Hall–Kier alpha value is -1.09. The summed E-state index contributed by atoms with van der Waals surface area (Å²) < 4.78 is 13.6. The van der Waals surface area contributed by atoms with Crippen molar-refractivity contribution in [3.05, 3.63) is 29.6 Å². The van der Waals surface area contributed by atoms with Gasteiger partial charge in [-0.15, -0.1) is 0 Å². The zero-order valence-electron chi connectivity index (χ0n) is 9.84. The van der Waals surface area contributed by atoms with Gasteiger partial charge in [-0.3, -0.25) is 0 Å². The zero-order valence-corrected chi connectivity index (χ0v) is 9.84. The highest BCUT2D eigenvalue weighted by molar-refractivity contribution is 5.45. The van der Waals surface area contributed by atoms with Crippen molar-refractivity contribution in [1.82, 2.24) is 4.90 Å². The molecular formula is C12H19FN2. The van der Waals surface area contributed by atoms with Gasteiger partial charge in [-0.1, -0.05) is 6.07 Å². The van der Waals surface area contributed by atoms with Crippen LogP contribution in [0, 0.1) is 5.82 Å². The molecule has 0 aromatic heterocycles. The number of nitrogens with zero attached hydrogens (tertiary/aromatic N) is 1. The maximum absolute atomic E-state index is 13.6. The number of benzene rings is 1. The van der Waals surface area contributed by atoms with Gasteiger partial charge in [-0.2, -0.15) is 0 Å². The summed E-state index contributed by atoms with van der Waals surface area (Å²) >= 11 is 0. The molecule has 0 saturated carbocycles. The van der Waals surface area contributed by atoms with Crippen LogP contribution in [0.3, 0.4) is 0 Å². The molecule has 0 amide bonds. The van der Waals surface area contributed by atoms with Gasteiger partial charge in [0.05, 0.1) is 0 Å². The Bertz CT molecular complexity index is 321. The minimum absolute atomic E-state index is 0.144. The van der Waals surface area contributed by atoms with Gasteiger partial charge in [-0.25, -0.2) is 4.39 Å². The highest BCUT2D eigenvalue weighted by Crippen LogP contribution is 2.16. The summed E-state index contributed by atoms with van der Waals surface area (Å²) in [4.78, 5) is 1.95. The second-order valence-electron chi connectivity index (χ2n) is 4.34. The van der Waals surface area contributed by atoms with Crippen LogP contribution in [-0.2, 0) is 6.54 Å². The molecule has 0 aliphatic rings. The maximum Gasteiger partial charge on any atom is 0.129 e. The predicted octanol–water partition coefficient (Wildman–Crippen LogP) is 2.71. The van der Waals surface area contributed by atoms with Crippen LogP contribution in [-0.4, -0.2) is 25.0 Å². The molecule has 2 nitrogen and oxygen atoms in total. The average molecular weight is 210 g/mol. The van der Waals surface area contributed by atoms with Crippen molar-refractivity contribution in [2.45, 2.75) is 26.4 Å². The fraction of sp³-hybridized carbons (Fsp3) is 0.500. The van der Waals surface area contributed by atoms with Crippen molar-refractivity contribution in [2.24, 2.45) is 0 Å². The fourth-order valence-corrected chi connectivity index (χ4v) is 1.44. The number of anilines is 1. The third kappa shape index (κ3) is 3.88. The molecule has 1 aromatic carbocycles. The van der Waals surface area contributed by atoms with Gasteiger partial charge in [0.25, 0.3) is 0 Å². The van der Waals surface area contributed by atoms with Crippen molar-refractivity contribution < 1.29 is 4.39 Å². The van der Waals surface area contributed by atoms with Gasteiger partial charge in [0.1, 0.15) is 5.82 Å². The summed E-state index contributed by atoms with van der Waals surface area (Å²) in [5.74, 6) is -0.144. The lowest BCUT2D eigenvalue weighted by molar-refractivity contribution is 0.392. The fourth-order valence-electron chi connectivity index (χ4n) is 1.44. The molecule has 1 N–H and O–H groups in total. The lowest BCUT2D eigenvalue weighted by atomic mass is 10.1. The summed E-state index contributed by atoms with van der Waals surface area (Å²) in [6.45, 7) is 4.70. The first kappa shape index (κ1) is 12.0. The van der Waals surface area contributed by atoms with Crippen molar-refractivity contribution in [3.63, 3.8) is 0 Å². The van der Waals surface area contributed by atoms with Crippen molar-refractivity contribution >= 4 is 5.69 Å². The van der Waals surface area contributed by atoms with Gasteiger partial charge >= 0.3 is 0 Å². The van der Waals surface area contributed by atoms with Crippen LogP contribution in [0.5, 0.6) is 0 Å². The Balaban J connectivity index is 2.78. The van der Waals surface area contributed by atoms with E-state index in [4.69, 9.17) is 0 Å². The molecule has 3 heteroatoms. The Morgan fingerprint density at radius 2 is 2.00 bits per heavy atom. The molecule has 0 fully saturated rings. The molecule has 1 rings (SSSR count). The van der Waals surface area contributed by atoms with Crippen molar-refractivity contribution in [2.75, 3.05) is 19.4 Å². The van der Waals surface area contributed by atoms with Gasteiger partial charge in [-0.05, 0) is 40.1 Å². The number of halogens is 1. The highest BCUT2D eigenvalue weighted by Gasteiger charge is 2.05. The van der Waals surface area contributed by atoms with E-state index in [0.29, 0.717) is 12.6 Å². The summed E-state index contributed by atoms with van der Waals surface area (Å²) in [5.41, 5.74) is 1.57. The van der Waals surface area contributed by atoms with Crippen LogP contribution >= 0.6 is 0 Å². The lowest BCUT2D eigenvalue weighted by Gasteiger charge is -2.13. The molecule has 1 aromatic rings. The molecule has 0 bridgehead atoms. The highest BCUT2D eigenvalue weighted by atomic mass is 19.1. The van der Waals surface area contributed by atoms with Crippen molar-refractivity contribution in [1.29, 1.82) is 0 Å². The second kappa shape index (κ2) is 5.12. The largest absolute Gasteiger partial charge is 0.383 e. The number of hydrogen-bond acceptors (Lipinski definition) is 2. The minimum Gasteiger partial charge on any atom is -0.383 e. The third-order valence-electron chi connectivity index (χ3n) is 1.99. The topological polar surface area (TPSA) is 15.3 Å². The maximum atomic E-state index is 13.6. The van der Waals surface area contributed by atoms with Crippen LogP contribution in [0.4, 0.5) is 10.1 Å². The number of hydrogen-bond donors (Lipinski definition) is 1. The first-order valence-electron chi connectivity index (χ1n) is 5.18. The average Bonchev–Trinajstić information content (AvgIpc) is 2.08. The molecule has 84 valence electrons. The SMILES string of the molecule is CC(C)Nc1ccc(CN(C)C)c(F)c1. The molecule has 0 aliphatic heterocycles. The Morgan fingerprint density at radius 3 is 2.47 bits per heavy atom. The van der Waals surface area contributed by atoms with E-state index >= 15 is 0 Å². The summed E-state index contributed by atoms with van der Waals surface area (Å²) in [6, 6.07) is 5.63. The van der Waals surface area contributed by atoms with Gasteiger partial charge < -0.3 is 10.2 Å². The molecule has 0 saturated heterocycles. The monoisotopic (exact) mass is 210 g/mol.